The van der Waals surface area contributed by atoms with E-state index in [0.717, 1.165) is 77.0 Å². The van der Waals surface area contributed by atoms with E-state index in [9.17, 15) is 0 Å². The van der Waals surface area contributed by atoms with E-state index < -0.39 is 0 Å². The van der Waals surface area contributed by atoms with E-state index in [4.69, 9.17) is 5.73 Å². The normalized spacial score (nSPS) is 19.0. The highest BCUT2D eigenvalue weighted by Gasteiger charge is 2.20. The minimum absolute atomic E-state index is 0.692. The SMILES string of the molecule is NC(=NCCCN1CCN(c2ccccc2)CC1)N1CCN(c2nccs2)CC1. The van der Waals surface area contributed by atoms with E-state index in [-0.39, 0.29) is 0 Å². The average Bonchev–Trinajstić information content (AvgIpc) is 3.33. The number of aliphatic imine (C=N–C) groups is 1. The van der Waals surface area contributed by atoms with E-state index in [0.29, 0.717) is 5.96 Å². The first-order valence-electron chi connectivity index (χ1n) is 10.5. The number of nitrogens with zero attached hydrogens (tertiary/aromatic N) is 6. The van der Waals surface area contributed by atoms with Crippen molar-refractivity contribution in [2.24, 2.45) is 10.7 Å². The zero-order chi connectivity index (χ0) is 19.9. The number of rotatable bonds is 6. The molecule has 2 N–H and O–H groups in total. The number of aromatic nitrogens is 1. The maximum atomic E-state index is 6.24. The Morgan fingerprint density at radius 2 is 1.69 bits per heavy atom. The molecule has 1 aromatic heterocycles. The van der Waals surface area contributed by atoms with Crippen LogP contribution in [0.3, 0.4) is 0 Å². The van der Waals surface area contributed by atoms with Gasteiger partial charge in [0.15, 0.2) is 11.1 Å². The van der Waals surface area contributed by atoms with Gasteiger partial charge in [-0.2, -0.15) is 0 Å². The Morgan fingerprint density at radius 1 is 0.966 bits per heavy atom. The van der Waals surface area contributed by atoms with Gasteiger partial charge in [-0.15, -0.1) is 11.3 Å². The molecule has 0 radical (unpaired) electrons. The van der Waals surface area contributed by atoms with Crippen molar-refractivity contribution in [3.63, 3.8) is 0 Å². The molecule has 2 aliphatic rings. The van der Waals surface area contributed by atoms with Crippen molar-refractivity contribution in [3.8, 4) is 0 Å². The minimum atomic E-state index is 0.692. The van der Waals surface area contributed by atoms with Crippen LogP contribution in [0.15, 0.2) is 46.9 Å². The van der Waals surface area contributed by atoms with Gasteiger partial charge in [0.2, 0.25) is 0 Å². The standard InChI is InChI=1S/C21H31N7S/c22-20(27-14-16-28(17-15-27)21-24-8-18-29-21)23-7-4-9-25-10-12-26(13-11-25)19-5-2-1-3-6-19/h1-3,5-6,8,18H,4,7,9-17H2,(H2,22,23). The smallest absolute Gasteiger partial charge is 0.191 e. The van der Waals surface area contributed by atoms with Crippen molar-refractivity contribution < 1.29 is 0 Å². The number of thiazole rings is 1. The third-order valence-corrected chi connectivity index (χ3v) is 6.53. The van der Waals surface area contributed by atoms with Crippen molar-refractivity contribution in [1.29, 1.82) is 0 Å². The van der Waals surface area contributed by atoms with Gasteiger partial charge in [0.25, 0.3) is 0 Å². The summed E-state index contributed by atoms with van der Waals surface area (Å²) < 4.78 is 0. The molecule has 29 heavy (non-hydrogen) atoms. The lowest BCUT2D eigenvalue weighted by atomic mass is 10.2. The number of piperazine rings is 2. The van der Waals surface area contributed by atoms with E-state index >= 15 is 0 Å². The third-order valence-electron chi connectivity index (χ3n) is 5.69. The summed E-state index contributed by atoms with van der Waals surface area (Å²) in [5.74, 6) is 0.692. The van der Waals surface area contributed by atoms with Gasteiger partial charge < -0.3 is 20.4 Å². The van der Waals surface area contributed by atoms with Gasteiger partial charge in [-0.1, -0.05) is 18.2 Å². The van der Waals surface area contributed by atoms with Gasteiger partial charge in [-0.3, -0.25) is 9.89 Å². The summed E-state index contributed by atoms with van der Waals surface area (Å²) in [6.07, 6.45) is 2.93. The monoisotopic (exact) mass is 413 g/mol. The van der Waals surface area contributed by atoms with Crippen LogP contribution in [-0.2, 0) is 0 Å². The summed E-state index contributed by atoms with van der Waals surface area (Å²) in [5.41, 5.74) is 7.57. The van der Waals surface area contributed by atoms with Gasteiger partial charge in [0, 0.05) is 82.7 Å². The van der Waals surface area contributed by atoms with Crippen molar-refractivity contribution in [2.45, 2.75) is 6.42 Å². The largest absolute Gasteiger partial charge is 0.370 e. The molecule has 4 rings (SSSR count). The first-order chi connectivity index (χ1) is 14.3. The lowest BCUT2D eigenvalue weighted by Gasteiger charge is -2.36. The van der Waals surface area contributed by atoms with Gasteiger partial charge in [-0.25, -0.2) is 4.98 Å². The summed E-state index contributed by atoms with van der Waals surface area (Å²) >= 11 is 1.70. The lowest BCUT2D eigenvalue weighted by Crippen LogP contribution is -2.51. The van der Waals surface area contributed by atoms with Crippen molar-refractivity contribution in [2.75, 3.05) is 75.2 Å². The second-order valence-corrected chi connectivity index (χ2v) is 8.42. The van der Waals surface area contributed by atoms with Gasteiger partial charge in [0.1, 0.15) is 0 Å². The molecule has 8 heteroatoms. The number of para-hydroxylation sites is 1. The molecule has 0 atom stereocenters. The Morgan fingerprint density at radius 3 is 2.38 bits per heavy atom. The maximum Gasteiger partial charge on any atom is 0.191 e. The Labute approximate surface area is 177 Å². The van der Waals surface area contributed by atoms with Crippen LogP contribution in [0.5, 0.6) is 0 Å². The quantitative estimate of drug-likeness (QED) is 0.443. The predicted molar refractivity (Wildman–Crippen MR) is 122 cm³/mol. The second kappa shape index (κ2) is 9.93. The van der Waals surface area contributed by atoms with E-state index in [1.165, 1.54) is 5.69 Å². The molecular formula is C21H31N7S. The van der Waals surface area contributed by atoms with Crippen molar-refractivity contribution in [1.82, 2.24) is 14.8 Å². The molecule has 0 bridgehead atoms. The summed E-state index contributed by atoms with van der Waals surface area (Å²) in [6.45, 7) is 10.1. The van der Waals surface area contributed by atoms with Crippen LogP contribution in [0.2, 0.25) is 0 Å². The highest BCUT2D eigenvalue weighted by molar-refractivity contribution is 7.13. The molecule has 0 spiro atoms. The van der Waals surface area contributed by atoms with Crippen LogP contribution in [0.4, 0.5) is 10.8 Å². The van der Waals surface area contributed by atoms with E-state index in [1.807, 2.05) is 11.6 Å². The summed E-state index contributed by atoms with van der Waals surface area (Å²) in [5, 5.41) is 3.13. The number of anilines is 2. The molecule has 1 aromatic carbocycles. The third kappa shape index (κ3) is 5.39. The van der Waals surface area contributed by atoms with Gasteiger partial charge in [0.05, 0.1) is 0 Å². The molecule has 0 saturated carbocycles. The fraction of sp³-hybridized carbons (Fsp3) is 0.524. The molecule has 2 fully saturated rings. The van der Waals surface area contributed by atoms with Crippen LogP contribution >= 0.6 is 11.3 Å². The molecule has 2 aromatic rings. The molecular weight excluding hydrogens is 382 g/mol. The fourth-order valence-electron chi connectivity index (χ4n) is 3.96. The number of hydrogen-bond acceptors (Lipinski definition) is 6. The average molecular weight is 414 g/mol. The van der Waals surface area contributed by atoms with Crippen molar-refractivity contribution >= 4 is 28.1 Å². The molecule has 0 aliphatic carbocycles. The van der Waals surface area contributed by atoms with Gasteiger partial charge in [-0.05, 0) is 18.6 Å². The Kier molecular flexibility index (Phi) is 6.84. The highest BCUT2D eigenvalue weighted by atomic mass is 32.1. The molecule has 2 saturated heterocycles. The zero-order valence-corrected chi connectivity index (χ0v) is 17.8. The summed E-state index contributed by atoms with van der Waals surface area (Å²) in [4.78, 5) is 18.6. The van der Waals surface area contributed by atoms with Crippen LogP contribution in [-0.4, -0.2) is 86.2 Å². The highest BCUT2D eigenvalue weighted by Crippen LogP contribution is 2.19. The zero-order valence-electron chi connectivity index (χ0n) is 17.0. The van der Waals surface area contributed by atoms with E-state index in [2.05, 4.69) is 59.9 Å². The molecule has 7 nitrogen and oxygen atoms in total. The first-order valence-corrected chi connectivity index (χ1v) is 11.4. The van der Waals surface area contributed by atoms with Gasteiger partial charge >= 0.3 is 0 Å². The van der Waals surface area contributed by atoms with Crippen molar-refractivity contribution in [3.05, 3.63) is 41.9 Å². The molecule has 156 valence electrons. The molecule has 2 aliphatic heterocycles. The maximum absolute atomic E-state index is 6.24. The molecule has 0 amide bonds. The second-order valence-electron chi connectivity index (χ2n) is 7.55. The van der Waals surface area contributed by atoms with Crippen LogP contribution in [0, 0.1) is 0 Å². The summed E-state index contributed by atoms with van der Waals surface area (Å²) in [7, 11) is 0. The number of hydrogen-bond donors (Lipinski definition) is 1. The Hall–Kier alpha value is -2.32. The van der Waals surface area contributed by atoms with Crippen LogP contribution < -0.4 is 15.5 Å². The lowest BCUT2D eigenvalue weighted by molar-refractivity contribution is 0.256. The van der Waals surface area contributed by atoms with Crippen LogP contribution in [0.25, 0.3) is 0 Å². The predicted octanol–water partition coefficient (Wildman–Crippen LogP) is 1.79. The molecule has 0 unspecified atom stereocenters. The van der Waals surface area contributed by atoms with E-state index in [1.54, 1.807) is 11.3 Å². The number of nitrogens with two attached hydrogens (primary N) is 1. The number of guanidine groups is 1. The number of benzene rings is 1. The Balaban J connectivity index is 1.13. The minimum Gasteiger partial charge on any atom is -0.370 e. The first kappa shape index (κ1) is 20.0. The summed E-state index contributed by atoms with van der Waals surface area (Å²) in [6, 6.07) is 10.7. The topological polar surface area (TPSA) is 64.2 Å². The fourth-order valence-corrected chi connectivity index (χ4v) is 4.65. The van der Waals surface area contributed by atoms with Crippen LogP contribution in [0.1, 0.15) is 6.42 Å². The Bertz CT molecular complexity index is 749. The molecule has 3 heterocycles.